The Morgan fingerprint density at radius 3 is 2.65 bits per heavy atom. The number of carbonyl (C=O) groups is 1. The predicted octanol–water partition coefficient (Wildman–Crippen LogP) is 3.29. The highest BCUT2D eigenvalue weighted by atomic mass is 35.5. The Kier molecular flexibility index (Phi) is 6.01. The van der Waals surface area contributed by atoms with Crippen molar-refractivity contribution in [1.29, 1.82) is 0 Å². The van der Waals surface area contributed by atoms with Gasteiger partial charge >= 0.3 is 0 Å². The van der Waals surface area contributed by atoms with Crippen LogP contribution >= 0.6 is 11.6 Å². The Bertz CT molecular complexity index is 751. The van der Waals surface area contributed by atoms with E-state index in [0.29, 0.717) is 24.7 Å². The monoisotopic (exact) mass is 374 g/mol. The fourth-order valence-corrected chi connectivity index (χ4v) is 3.06. The Labute approximate surface area is 158 Å². The minimum atomic E-state index is -0.101. The molecular weight excluding hydrogens is 352 g/mol. The van der Waals surface area contributed by atoms with Gasteiger partial charge in [0.2, 0.25) is 5.91 Å². The van der Waals surface area contributed by atoms with Gasteiger partial charge in [-0.15, -0.1) is 0 Å². The van der Waals surface area contributed by atoms with Crippen molar-refractivity contribution in [3.63, 3.8) is 0 Å². The lowest BCUT2D eigenvalue weighted by atomic mass is 10.1. The first-order chi connectivity index (χ1) is 12.5. The maximum atomic E-state index is 12.3. The van der Waals surface area contributed by atoms with Crippen molar-refractivity contribution < 1.29 is 14.3 Å². The van der Waals surface area contributed by atoms with Gasteiger partial charge in [0, 0.05) is 11.6 Å². The summed E-state index contributed by atoms with van der Waals surface area (Å²) in [6.45, 7) is 3.33. The van der Waals surface area contributed by atoms with E-state index in [1.807, 2.05) is 67.4 Å². The third-order valence-corrected chi connectivity index (χ3v) is 4.50. The second kappa shape index (κ2) is 8.43. The van der Waals surface area contributed by atoms with Crippen LogP contribution < -0.4 is 14.8 Å². The number of fused-ring (bicyclic) bond motifs is 1. The van der Waals surface area contributed by atoms with Crippen molar-refractivity contribution >= 4 is 17.5 Å². The van der Waals surface area contributed by atoms with E-state index >= 15 is 0 Å². The molecule has 6 heteroatoms. The van der Waals surface area contributed by atoms with E-state index in [1.54, 1.807) is 0 Å². The third kappa shape index (κ3) is 4.90. The predicted molar refractivity (Wildman–Crippen MR) is 102 cm³/mol. The smallest absolute Gasteiger partial charge is 0.234 e. The molecule has 1 aliphatic rings. The Morgan fingerprint density at radius 1 is 1.23 bits per heavy atom. The van der Waals surface area contributed by atoms with Crippen LogP contribution in [0.15, 0.2) is 48.5 Å². The molecule has 0 aromatic heterocycles. The van der Waals surface area contributed by atoms with E-state index in [1.165, 1.54) is 0 Å². The molecule has 0 radical (unpaired) electrons. The van der Waals surface area contributed by atoms with Gasteiger partial charge in [-0.3, -0.25) is 9.69 Å². The third-order valence-electron chi connectivity index (χ3n) is 4.24. The molecule has 0 bridgehead atoms. The number of hydrogen-bond acceptors (Lipinski definition) is 4. The summed E-state index contributed by atoms with van der Waals surface area (Å²) in [5, 5.41) is 3.69. The van der Waals surface area contributed by atoms with Crippen molar-refractivity contribution in [2.45, 2.75) is 19.1 Å². The average Bonchev–Trinajstić information content (AvgIpc) is 2.61. The average molecular weight is 375 g/mol. The summed E-state index contributed by atoms with van der Waals surface area (Å²) in [6.07, 6.45) is -0.101. The van der Waals surface area contributed by atoms with Gasteiger partial charge < -0.3 is 14.8 Å². The van der Waals surface area contributed by atoms with Gasteiger partial charge in [0.1, 0.15) is 12.7 Å². The van der Waals surface area contributed by atoms with Gasteiger partial charge in [-0.25, -0.2) is 0 Å². The second-order valence-corrected chi connectivity index (χ2v) is 6.97. The maximum absolute atomic E-state index is 12.3. The second-order valence-electron chi connectivity index (χ2n) is 6.54. The number of ether oxygens (including phenoxy) is 2. The van der Waals surface area contributed by atoms with Gasteiger partial charge in [-0.05, 0) is 43.8 Å². The van der Waals surface area contributed by atoms with Crippen molar-refractivity contribution in [2.24, 2.45) is 0 Å². The van der Waals surface area contributed by atoms with Gasteiger partial charge in [0.05, 0.1) is 12.6 Å². The van der Waals surface area contributed by atoms with Crippen LogP contribution in [-0.2, 0) is 4.79 Å². The van der Waals surface area contributed by atoms with Crippen molar-refractivity contribution in [3.8, 4) is 11.5 Å². The lowest BCUT2D eigenvalue weighted by molar-refractivity contribution is -0.122. The number of rotatable bonds is 6. The zero-order valence-corrected chi connectivity index (χ0v) is 15.7. The zero-order chi connectivity index (χ0) is 18.5. The van der Waals surface area contributed by atoms with Crippen LogP contribution in [0.2, 0.25) is 5.02 Å². The molecule has 26 heavy (non-hydrogen) atoms. The number of carbonyl (C=O) groups excluding carboxylic acids is 1. The van der Waals surface area contributed by atoms with Crippen LogP contribution in [0, 0.1) is 0 Å². The van der Waals surface area contributed by atoms with E-state index < -0.39 is 0 Å². The normalized spacial score (nSPS) is 17.0. The fraction of sp³-hybridized carbons (Fsp3) is 0.350. The molecule has 0 aliphatic carbocycles. The van der Waals surface area contributed by atoms with Crippen LogP contribution in [0.1, 0.15) is 18.5 Å². The molecule has 1 N–H and O–H groups in total. The zero-order valence-electron chi connectivity index (χ0n) is 14.9. The first-order valence-corrected chi connectivity index (χ1v) is 9.01. The minimum absolute atomic E-state index is 0.0351. The van der Waals surface area contributed by atoms with Crippen LogP contribution in [-0.4, -0.2) is 43.7 Å². The molecule has 0 saturated carbocycles. The summed E-state index contributed by atoms with van der Waals surface area (Å²) < 4.78 is 11.6. The maximum Gasteiger partial charge on any atom is 0.234 e. The molecule has 1 amide bonds. The molecule has 1 aliphatic heterocycles. The molecule has 3 rings (SSSR count). The van der Waals surface area contributed by atoms with Crippen molar-refractivity contribution in [3.05, 3.63) is 59.1 Å². The number of nitrogens with one attached hydrogen (secondary N) is 1. The summed E-state index contributed by atoms with van der Waals surface area (Å²) >= 11 is 5.90. The SMILES string of the molecule is CC(NC(=O)CN(C)CC1COc2ccccc2O1)c1ccc(Cl)cc1. The molecule has 2 atom stereocenters. The molecule has 2 aromatic rings. The number of halogens is 1. The molecular formula is C20H23ClN2O3. The molecule has 2 aromatic carbocycles. The molecule has 0 fully saturated rings. The number of benzene rings is 2. The lowest BCUT2D eigenvalue weighted by Crippen LogP contribution is -2.43. The quantitative estimate of drug-likeness (QED) is 0.843. The summed E-state index contributed by atoms with van der Waals surface area (Å²) in [6, 6.07) is 15.0. The number of amides is 1. The molecule has 138 valence electrons. The van der Waals surface area contributed by atoms with E-state index in [9.17, 15) is 4.79 Å². The van der Waals surface area contributed by atoms with E-state index in [2.05, 4.69) is 5.32 Å². The van der Waals surface area contributed by atoms with Gasteiger partial charge in [-0.2, -0.15) is 0 Å². The number of nitrogens with zero attached hydrogens (tertiary/aromatic N) is 1. The van der Waals surface area contributed by atoms with Crippen molar-refractivity contribution in [1.82, 2.24) is 10.2 Å². The molecule has 0 saturated heterocycles. The first kappa shape index (κ1) is 18.5. The molecule has 2 unspecified atom stereocenters. The fourth-order valence-electron chi connectivity index (χ4n) is 2.93. The Hall–Kier alpha value is -2.24. The number of hydrogen-bond donors (Lipinski definition) is 1. The highest BCUT2D eigenvalue weighted by Crippen LogP contribution is 2.30. The van der Waals surface area contributed by atoms with Crippen LogP contribution in [0.4, 0.5) is 0 Å². The summed E-state index contributed by atoms with van der Waals surface area (Å²) in [5.74, 6) is 1.48. The van der Waals surface area contributed by atoms with Crippen LogP contribution in [0.25, 0.3) is 0 Å². The number of para-hydroxylation sites is 2. The van der Waals surface area contributed by atoms with Crippen LogP contribution in [0.3, 0.4) is 0 Å². The molecule has 5 nitrogen and oxygen atoms in total. The van der Waals surface area contributed by atoms with Gasteiger partial charge in [0.15, 0.2) is 11.5 Å². The van der Waals surface area contributed by atoms with E-state index in [0.717, 1.165) is 17.1 Å². The number of likely N-dealkylation sites (N-methyl/N-ethyl adjacent to an activating group) is 1. The first-order valence-electron chi connectivity index (χ1n) is 8.63. The Morgan fingerprint density at radius 2 is 1.92 bits per heavy atom. The summed E-state index contributed by atoms with van der Waals surface area (Å²) in [7, 11) is 1.90. The van der Waals surface area contributed by atoms with Crippen LogP contribution in [0.5, 0.6) is 11.5 Å². The molecule has 0 spiro atoms. The topological polar surface area (TPSA) is 50.8 Å². The lowest BCUT2D eigenvalue weighted by Gasteiger charge is -2.29. The van der Waals surface area contributed by atoms with E-state index in [4.69, 9.17) is 21.1 Å². The summed E-state index contributed by atoms with van der Waals surface area (Å²) in [5.41, 5.74) is 1.02. The Balaban J connectivity index is 1.46. The standard InChI is InChI=1S/C20H23ClN2O3/c1-14(15-7-9-16(21)10-8-15)22-20(24)12-23(2)11-17-13-25-18-5-3-4-6-19(18)26-17/h3-10,14,17H,11-13H2,1-2H3,(H,22,24). The minimum Gasteiger partial charge on any atom is -0.486 e. The highest BCUT2D eigenvalue weighted by Gasteiger charge is 2.22. The van der Waals surface area contributed by atoms with Gasteiger partial charge in [0.25, 0.3) is 0 Å². The highest BCUT2D eigenvalue weighted by molar-refractivity contribution is 6.30. The van der Waals surface area contributed by atoms with Crippen molar-refractivity contribution in [2.75, 3.05) is 26.7 Å². The van der Waals surface area contributed by atoms with E-state index in [-0.39, 0.29) is 18.1 Å². The largest absolute Gasteiger partial charge is 0.486 e. The molecule has 1 heterocycles. The van der Waals surface area contributed by atoms with Gasteiger partial charge in [-0.1, -0.05) is 35.9 Å². The summed E-state index contributed by atoms with van der Waals surface area (Å²) in [4.78, 5) is 14.2.